The van der Waals surface area contributed by atoms with E-state index in [1.54, 1.807) is 12.1 Å². The van der Waals surface area contributed by atoms with E-state index in [9.17, 15) is 4.91 Å². The second-order valence-corrected chi connectivity index (χ2v) is 2.43. The minimum atomic E-state index is -0.273. The van der Waals surface area contributed by atoms with Gasteiger partial charge in [0.05, 0.1) is 0 Å². The second kappa shape index (κ2) is 4.54. The molecule has 0 saturated heterocycles. The van der Waals surface area contributed by atoms with Crippen molar-refractivity contribution >= 4 is 11.4 Å². The molecule has 1 aromatic carbocycles. The Balaban J connectivity index is 2.83. The highest BCUT2D eigenvalue weighted by molar-refractivity contribution is 5.52. The first-order valence-electron chi connectivity index (χ1n) is 3.72. The molecule has 0 aliphatic heterocycles. The van der Waals surface area contributed by atoms with Crippen LogP contribution in [-0.2, 0) is 0 Å². The molecule has 0 radical (unpaired) electrons. The van der Waals surface area contributed by atoms with Crippen LogP contribution < -0.4 is 4.90 Å². The molecule has 2 N–H and O–H groups in total. The Kier molecular flexibility index (Phi) is 3.36. The van der Waals surface area contributed by atoms with Crippen LogP contribution in [0.5, 0.6) is 0 Å². The lowest BCUT2D eigenvalue weighted by Gasteiger charge is -2.18. The number of aliphatic hydroxyl groups excluding tert-OH is 2. The van der Waals surface area contributed by atoms with Gasteiger partial charge in [-0.25, -0.2) is 0 Å². The van der Waals surface area contributed by atoms with Crippen LogP contribution in [0, 0.1) is 4.91 Å². The Morgan fingerprint density at radius 3 is 2.08 bits per heavy atom. The van der Waals surface area contributed by atoms with Crippen LogP contribution in [0.25, 0.3) is 0 Å². The third-order valence-corrected chi connectivity index (χ3v) is 1.66. The van der Waals surface area contributed by atoms with Gasteiger partial charge in [-0.3, -0.25) is 0 Å². The Bertz CT molecular complexity index is 269. The van der Waals surface area contributed by atoms with E-state index in [1.807, 2.05) is 0 Å². The fraction of sp³-hybridized carbons (Fsp3) is 0.250. The summed E-state index contributed by atoms with van der Waals surface area (Å²) in [6.45, 7) is -0.547. The minimum absolute atomic E-state index is 0.273. The number of nitrogens with zero attached hydrogens (tertiary/aromatic N) is 2. The zero-order valence-electron chi connectivity index (χ0n) is 6.92. The molecule has 1 rings (SSSR count). The average Bonchev–Trinajstić information content (AvgIpc) is 2.21. The smallest absolute Gasteiger partial charge is 0.117 e. The molecule has 0 fully saturated rings. The van der Waals surface area contributed by atoms with Gasteiger partial charge in [0.25, 0.3) is 0 Å². The van der Waals surface area contributed by atoms with E-state index in [-0.39, 0.29) is 13.5 Å². The second-order valence-electron chi connectivity index (χ2n) is 2.43. The Labute approximate surface area is 75.2 Å². The summed E-state index contributed by atoms with van der Waals surface area (Å²) in [6, 6.07) is 6.23. The van der Waals surface area contributed by atoms with Gasteiger partial charge in [0.15, 0.2) is 0 Å². The van der Waals surface area contributed by atoms with Crippen molar-refractivity contribution in [3.63, 3.8) is 0 Å². The molecule has 0 bridgehead atoms. The SMILES string of the molecule is O=Nc1ccc(N(CO)CO)cc1. The third kappa shape index (κ3) is 2.24. The summed E-state index contributed by atoms with van der Waals surface area (Å²) < 4.78 is 0. The predicted molar refractivity (Wildman–Crippen MR) is 48.5 cm³/mol. The fourth-order valence-electron chi connectivity index (χ4n) is 0.932. The van der Waals surface area contributed by atoms with Gasteiger partial charge in [0, 0.05) is 5.69 Å². The summed E-state index contributed by atoms with van der Waals surface area (Å²) in [6.07, 6.45) is 0. The molecule has 0 aliphatic carbocycles. The molecule has 0 aliphatic rings. The summed E-state index contributed by atoms with van der Waals surface area (Å²) in [5.74, 6) is 0. The van der Waals surface area contributed by atoms with Crippen molar-refractivity contribution in [2.75, 3.05) is 18.4 Å². The Morgan fingerprint density at radius 2 is 1.69 bits per heavy atom. The van der Waals surface area contributed by atoms with Gasteiger partial charge in [-0.05, 0) is 29.4 Å². The summed E-state index contributed by atoms with van der Waals surface area (Å²) in [5, 5.41) is 20.3. The molecule has 0 atom stereocenters. The zero-order chi connectivity index (χ0) is 9.68. The standard InChI is InChI=1S/C8H10N2O3/c11-5-10(6-12)8-3-1-7(9-13)2-4-8/h1-4,11-12H,5-6H2. The Hall–Kier alpha value is -1.46. The number of benzene rings is 1. The van der Waals surface area contributed by atoms with Crippen LogP contribution in [-0.4, -0.2) is 23.7 Å². The van der Waals surface area contributed by atoms with Crippen LogP contribution in [0.15, 0.2) is 29.4 Å². The van der Waals surface area contributed by atoms with Gasteiger partial charge >= 0.3 is 0 Å². The van der Waals surface area contributed by atoms with E-state index < -0.39 is 0 Å². The number of rotatable bonds is 4. The van der Waals surface area contributed by atoms with E-state index in [4.69, 9.17) is 10.2 Å². The largest absolute Gasteiger partial charge is 0.376 e. The normalized spacial score (nSPS) is 9.69. The summed E-state index contributed by atoms with van der Waals surface area (Å²) >= 11 is 0. The number of nitroso groups, excluding NO2 is 1. The maximum absolute atomic E-state index is 10.1. The van der Waals surface area contributed by atoms with Crippen molar-refractivity contribution in [1.29, 1.82) is 0 Å². The van der Waals surface area contributed by atoms with Gasteiger partial charge < -0.3 is 15.1 Å². The van der Waals surface area contributed by atoms with Gasteiger partial charge in [-0.1, -0.05) is 0 Å². The molecule has 70 valence electrons. The van der Waals surface area contributed by atoms with E-state index in [2.05, 4.69) is 5.18 Å². The monoisotopic (exact) mass is 182 g/mol. The van der Waals surface area contributed by atoms with Crippen LogP contribution in [0.1, 0.15) is 0 Å². The molecular weight excluding hydrogens is 172 g/mol. The summed E-state index contributed by atoms with van der Waals surface area (Å²) in [4.78, 5) is 11.4. The first-order valence-corrected chi connectivity index (χ1v) is 3.72. The van der Waals surface area contributed by atoms with E-state index in [1.165, 1.54) is 17.0 Å². The zero-order valence-corrected chi connectivity index (χ0v) is 6.92. The lowest BCUT2D eigenvalue weighted by molar-refractivity contribution is 0.223. The number of aliphatic hydroxyl groups is 2. The van der Waals surface area contributed by atoms with Gasteiger partial charge in [-0.2, -0.15) is 0 Å². The van der Waals surface area contributed by atoms with Crippen LogP contribution >= 0.6 is 0 Å². The van der Waals surface area contributed by atoms with Crippen molar-refractivity contribution in [2.24, 2.45) is 5.18 Å². The lowest BCUT2D eigenvalue weighted by Crippen LogP contribution is -2.24. The molecule has 0 heterocycles. The van der Waals surface area contributed by atoms with Crippen LogP contribution in [0.4, 0.5) is 11.4 Å². The minimum Gasteiger partial charge on any atom is -0.376 e. The molecule has 5 nitrogen and oxygen atoms in total. The van der Waals surface area contributed by atoms with Crippen molar-refractivity contribution in [2.45, 2.75) is 0 Å². The highest BCUT2D eigenvalue weighted by Crippen LogP contribution is 2.18. The highest BCUT2D eigenvalue weighted by Gasteiger charge is 2.02. The molecule has 0 saturated carbocycles. The van der Waals surface area contributed by atoms with E-state index in [0.29, 0.717) is 11.4 Å². The topological polar surface area (TPSA) is 73.1 Å². The quantitative estimate of drug-likeness (QED) is 0.533. The summed E-state index contributed by atoms with van der Waals surface area (Å²) in [7, 11) is 0. The van der Waals surface area contributed by atoms with Gasteiger partial charge in [0.2, 0.25) is 0 Å². The first-order chi connectivity index (χ1) is 6.31. The third-order valence-electron chi connectivity index (χ3n) is 1.66. The molecule has 0 aromatic heterocycles. The maximum atomic E-state index is 10.1. The molecule has 0 spiro atoms. The predicted octanol–water partition coefficient (Wildman–Crippen LogP) is 0.790. The molecule has 13 heavy (non-hydrogen) atoms. The number of hydrogen-bond donors (Lipinski definition) is 2. The molecule has 0 unspecified atom stereocenters. The Morgan fingerprint density at radius 1 is 1.15 bits per heavy atom. The highest BCUT2D eigenvalue weighted by atomic mass is 16.3. The first kappa shape index (κ1) is 9.63. The average molecular weight is 182 g/mol. The number of hydrogen-bond acceptors (Lipinski definition) is 5. The molecule has 1 aromatic rings. The fourth-order valence-corrected chi connectivity index (χ4v) is 0.932. The van der Waals surface area contributed by atoms with Crippen molar-refractivity contribution < 1.29 is 10.2 Å². The molecule has 0 amide bonds. The van der Waals surface area contributed by atoms with Crippen molar-refractivity contribution in [1.82, 2.24) is 0 Å². The van der Waals surface area contributed by atoms with Gasteiger partial charge in [0.1, 0.15) is 19.1 Å². The lowest BCUT2D eigenvalue weighted by atomic mass is 10.3. The number of anilines is 1. The van der Waals surface area contributed by atoms with Crippen molar-refractivity contribution in [3.8, 4) is 0 Å². The molecule has 5 heteroatoms. The van der Waals surface area contributed by atoms with Crippen molar-refractivity contribution in [3.05, 3.63) is 29.2 Å². The summed E-state index contributed by atoms with van der Waals surface area (Å²) in [5.41, 5.74) is 0.956. The van der Waals surface area contributed by atoms with Crippen LogP contribution in [0.2, 0.25) is 0 Å². The van der Waals surface area contributed by atoms with Gasteiger partial charge in [-0.15, -0.1) is 4.91 Å². The molecular formula is C8H10N2O3. The maximum Gasteiger partial charge on any atom is 0.117 e. The van der Waals surface area contributed by atoms with E-state index in [0.717, 1.165) is 0 Å². The van der Waals surface area contributed by atoms with E-state index >= 15 is 0 Å². The van der Waals surface area contributed by atoms with Crippen LogP contribution in [0.3, 0.4) is 0 Å².